The molecule has 2 amide bonds. The number of ether oxygens (including phenoxy) is 1. The number of fused-ring (bicyclic) bond motifs is 2. The zero-order valence-electron chi connectivity index (χ0n) is 19.3. The van der Waals surface area contributed by atoms with Crippen LogP contribution in [0.3, 0.4) is 0 Å². The lowest BCUT2D eigenvalue weighted by atomic mass is 10.1. The van der Waals surface area contributed by atoms with Crippen LogP contribution in [-0.2, 0) is 22.4 Å². The van der Waals surface area contributed by atoms with Gasteiger partial charge in [-0.05, 0) is 60.9 Å². The Kier molecular flexibility index (Phi) is 6.42. The van der Waals surface area contributed by atoms with Crippen molar-refractivity contribution in [2.45, 2.75) is 32.3 Å². The van der Waals surface area contributed by atoms with Gasteiger partial charge in [0.2, 0.25) is 5.91 Å². The molecule has 0 saturated heterocycles. The molecule has 1 aliphatic rings. The van der Waals surface area contributed by atoms with Crippen LogP contribution in [0, 0.1) is 0 Å². The molecule has 0 saturated carbocycles. The van der Waals surface area contributed by atoms with E-state index in [2.05, 4.69) is 15.3 Å². The van der Waals surface area contributed by atoms with Gasteiger partial charge in [-0.15, -0.1) is 0 Å². The van der Waals surface area contributed by atoms with E-state index in [4.69, 9.17) is 16.3 Å². The summed E-state index contributed by atoms with van der Waals surface area (Å²) in [6.07, 6.45) is 1.41. The molecule has 1 aromatic heterocycles. The number of aromatic amines is 1. The molecule has 2 N–H and O–H groups in total. The average Bonchev–Trinajstić information content (AvgIpc) is 3.28. The Labute approximate surface area is 208 Å². The fourth-order valence-electron chi connectivity index (χ4n) is 4.25. The van der Waals surface area contributed by atoms with Gasteiger partial charge in [0.15, 0.2) is 6.10 Å². The van der Waals surface area contributed by atoms with E-state index in [1.807, 2.05) is 55.5 Å². The fourth-order valence-corrected chi connectivity index (χ4v) is 4.42. The van der Waals surface area contributed by atoms with Crippen LogP contribution >= 0.6 is 11.6 Å². The topological polar surface area (TPSA) is 87.3 Å². The number of hydrogen-bond donors (Lipinski definition) is 2. The van der Waals surface area contributed by atoms with E-state index in [-0.39, 0.29) is 18.4 Å². The van der Waals surface area contributed by atoms with Gasteiger partial charge in [-0.1, -0.05) is 42.8 Å². The number of benzene rings is 3. The van der Waals surface area contributed by atoms with Crippen LogP contribution in [0.2, 0.25) is 5.02 Å². The molecule has 0 aliphatic carbocycles. The number of anilines is 2. The number of aryl methyl sites for hydroxylation is 2. The van der Waals surface area contributed by atoms with E-state index >= 15 is 0 Å². The Morgan fingerprint density at radius 3 is 2.80 bits per heavy atom. The number of imidazole rings is 1. The van der Waals surface area contributed by atoms with Crippen LogP contribution in [0.25, 0.3) is 11.0 Å². The quantitative estimate of drug-likeness (QED) is 0.377. The van der Waals surface area contributed by atoms with Gasteiger partial charge in [-0.25, -0.2) is 4.98 Å². The van der Waals surface area contributed by atoms with E-state index in [0.717, 1.165) is 35.3 Å². The van der Waals surface area contributed by atoms with Gasteiger partial charge in [-0.3, -0.25) is 14.5 Å². The molecular weight excluding hydrogens is 464 g/mol. The number of halogens is 1. The van der Waals surface area contributed by atoms with Crippen LogP contribution in [-0.4, -0.2) is 34.4 Å². The van der Waals surface area contributed by atoms with E-state index in [0.29, 0.717) is 28.6 Å². The maximum Gasteiger partial charge on any atom is 0.268 e. The van der Waals surface area contributed by atoms with Gasteiger partial charge in [0, 0.05) is 17.1 Å². The normalized spacial score (nSPS) is 15.1. The maximum atomic E-state index is 12.9. The number of hydrogen-bond acceptors (Lipinski definition) is 4. The highest BCUT2D eigenvalue weighted by Crippen LogP contribution is 2.36. The first kappa shape index (κ1) is 22.9. The summed E-state index contributed by atoms with van der Waals surface area (Å²) in [5.41, 5.74) is 4.23. The smallest absolute Gasteiger partial charge is 0.268 e. The Morgan fingerprint density at radius 2 is 1.97 bits per heavy atom. The summed E-state index contributed by atoms with van der Waals surface area (Å²) in [6, 6.07) is 20.7. The van der Waals surface area contributed by atoms with Gasteiger partial charge >= 0.3 is 0 Å². The minimum absolute atomic E-state index is 0.130. The summed E-state index contributed by atoms with van der Waals surface area (Å²) in [4.78, 5) is 35.3. The van der Waals surface area contributed by atoms with Gasteiger partial charge < -0.3 is 15.0 Å². The lowest BCUT2D eigenvalue weighted by Crippen LogP contribution is -2.48. The zero-order valence-corrected chi connectivity index (χ0v) is 20.0. The first-order valence-electron chi connectivity index (χ1n) is 11.6. The van der Waals surface area contributed by atoms with Crippen LogP contribution in [0.4, 0.5) is 11.4 Å². The number of para-hydroxylation sites is 2. The molecule has 0 radical (unpaired) electrons. The zero-order chi connectivity index (χ0) is 24.4. The van der Waals surface area contributed by atoms with Crippen molar-refractivity contribution in [2.24, 2.45) is 0 Å². The molecule has 0 bridgehead atoms. The third-order valence-electron chi connectivity index (χ3n) is 5.99. The highest BCUT2D eigenvalue weighted by molar-refractivity contribution is 6.31. The Balaban J connectivity index is 1.26. The number of amides is 2. The summed E-state index contributed by atoms with van der Waals surface area (Å²) in [5, 5.41) is 3.39. The Bertz CT molecular complexity index is 1370. The van der Waals surface area contributed by atoms with Gasteiger partial charge in [0.25, 0.3) is 5.91 Å². The summed E-state index contributed by atoms with van der Waals surface area (Å²) in [7, 11) is 0. The molecule has 0 fully saturated rings. The van der Waals surface area contributed by atoms with Crippen molar-refractivity contribution in [3.05, 3.63) is 83.1 Å². The molecular formula is C27H25ClN4O3. The standard InChI is InChI=1S/C27H25ClN4O3/c1-2-23-27(34)32(22-15-18(28)11-12-24(22)35-23)16-26(33)29-19-7-5-6-17(14-19)10-13-25-30-20-8-3-4-9-21(20)31-25/h3-9,11-12,14-15,23H,2,10,13,16H2,1H3,(H,29,33)(H,30,31). The van der Waals surface area contributed by atoms with Gasteiger partial charge in [-0.2, -0.15) is 0 Å². The number of aromatic nitrogens is 2. The van der Waals surface area contributed by atoms with Crippen molar-refractivity contribution in [3.63, 3.8) is 0 Å². The number of H-pyrrole nitrogens is 1. The van der Waals surface area contributed by atoms with Crippen molar-refractivity contribution in [1.29, 1.82) is 0 Å². The summed E-state index contributed by atoms with van der Waals surface area (Å²) in [5.74, 6) is 0.919. The number of carbonyl (C=O) groups is 2. The first-order chi connectivity index (χ1) is 17.0. The van der Waals surface area contributed by atoms with E-state index < -0.39 is 6.10 Å². The van der Waals surface area contributed by atoms with E-state index in [9.17, 15) is 9.59 Å². The molecule has 1 unspecified atom stereocenters. The lowest BCUT2D eigenvalue weighted by molar-refractivity contribution is -0.128. The molecule has 178 valence electrons. The minimum Gasteiger partial charge on any atom is -0.478 e. The minimum atomic E-state index is -0.627. The number of carbonyl (C=O) groups excluding carboxylic acids is 2. The average molecular weight is 489 g/mol. The van der Waals surface area contributed by atoms with Crippen LogP contribution in [0.5, 0.6) is 5.75 Å². The molecule has 4 aromatic rings. The summed E-state index contributed by atoms with van der Waals surface area (Å²) >= 11 is 6.14. The molecule has 1 aliphatic heterocycles. The third kappa shape index (κ3) is 5.00. The predicted octanol–water partition coefficient (Wildman–Crippen LogP) is 5.14. The molecule has 3 aromatic carbocycles. The molecule has 35 heavy (non-hydrogen) atoms. The second kappa shape index (κ2) is 9.80. The number of nitrogens with one attached hydrogen (secondary N) is 2. The Hall–Kier alpha value is -3.84. The second-order valence-corrected chi connectivity index (χ2v) is 8.94. The molecule has 1 atom stereocenters. The Morgan fingerprint density at radius 1 is 1.11 bits per heavy atom. The van der Waals surface area contributed by atoms with Crippen LogP contribution < -0.4 is 15.0 Å². The third-order valence-corrected chi connectivity index (χ3v) is 6.23. The summed E-state index contributed by atoms with van der Waals surface area (Å²) < 4.78 is 5.79. The van der Waals surface area contributed by atoms with E-state index in [1.54, 1.807) is 18.2 Å². The van der Waals surface area contributed by atoms with Crippen LogP contribution in [0.15, 0.2) is 66.7 Å². The number of nitrogens with zero attached hydrogens (tertiary/aromatic N) is 2. The highest BCUT2D eigenvalue weighted by atomic mass is 35.5. The first-order valence-corrected chi connectivity index (χ1v) is 12.0. The molecule has 2 heterocycles. The molecule has 5 rings (SSSR count). The SMILES string of the molecule is CCC1Oc2ccc(Cl)cc2N(CC(=O)Nc2cccc(CCc3nc4ccccc4[nH]3)c2)C1=O. The lowest BCUT2D eigenvalue weighted by Gasteiger charge is -2.33. The second-order valence-electron chi connectivity index (χ2n) is 8.50. The molecule has 7 nitrogen and oxygen atoms in total. The largest absolute Gasteiger partial charge is 0.478 e. The van der Waals surface area contributed by atoms with Gasteiger partial charge in [0.05, 0.1) is 16.7 Å². The molecule has 8 heteroatoms. The summed E-state index contributed by atoms with van der Waals surface area (Å²) in [6.45, 7) is 1.74. The van der Waals surface area contributed by atoms with Crippen molar-refractivity contribution < 1.29 is 14.3 Å². The van der Waals surface area contributed by atoms with Crippen molar-refractivity contribution >= 4 is 45.8 Å². The monoisotopic (exact) mass is 488 g/mol. The number of rotatable bonds is 7. The van der Waals surface area contributed by atoms with Crippen molar-refractivity contribution in [3.8, 4) is 5.75 Å². The predicted molar refractivity (Wildman–Crippen MR) is 137 cm³/mol. The van der Waals surface area contributed by atoms with Crippen molar-refractivity contribution in [2.75, 3.05) is 16.8 Å². The van der Waals surface area contributed by atoms with E-state index in [1.165, 1.54) is 4.90 Å². The van der Waals surface area contributed by atoms with Crippen LogP contribution in [0.1, 0.15) is 24.7 Å². The highest BCUT2D eigenvalue weighted by Gasteiger charge is 2.34. The fraction of sp³-hybridized carbons (Fsp3) is 0.222. The van der Waals surface area contributed by atoms with Crippen molar-refractivity contribution in [1.82, 2.24) is 9.97 Å². The van der Waals surface area contributed by atoms with Gasteiger partial charge in [0.1, 0.15) is 18.1 Å². The molecule has 0 spiro atoms. The maximum absolute atomic E-state index is 12.9.